The van der Waals surface area contributed by atoms with E-state index in [0.29, 0.717) is 43.3 Å². The summed E-state index contributed by atoms with van der Waals surface area (Å²) in [6.07, 6.45) is 14.0. The number of aromatic nitrogens is 2. The van der Waals surface area contributed by atoms with E-state index in [1.54, 1.807) is 13.2 Å². The molecule has 8 rings (SSSR count). The number of benzene rings is 2. The van der Waals surface area contributed by atoms with Crippen molar-refractivity contribution in [2.24, 2.45) is 35.1 Å². The van der Waals surface area contributed by atoms with Gasteiger partial charge in [0.25, 0.3) is 5.91 Å². The fourth-order valence-corrected chi connectivity index (χ4v) is 12.3. The maximum Gasteiger partial charge on any atom is 0.285 e. The van der Waals surface area contributed by atoms with Gasteiger partial charge in [-0.1, -0.05) is 36.7 Å². The van der Waals surface area contributed by atoms with Crippen LogP contribution in [0.15, 0.2) is 59.1 Å². The van der Waals surface area contributed by atoms with Gasteiger partial charge in [0.2, 0.25) is 0 Å². The fourth-order valence-electron chi connectivity index (χ4n) is 9.73. The van der Waals surface area contributed by atoms with E-state index in [1.807, 2.05) is 43.0 Å². The average molecular weight is 759 g/mol. The first-order chi connectivity index (χ1) is 25.5. The van der Waals surface area contributed by atoms with E-state index in [9.17, 15) is 13.8 Å². The molecule has 3 heterocycles. The second-order valence-corrected chi connectivity index (χ2v) is 19.2. The number of carbonyl (C=O) groups excluding carboxylic acids is 2. The lowest BCUT2D eigenvalue weighted by molar-refractivity contribution is -0.120. The first kappa shape index (κ1) is 36.5. The second kappa shape index (κ2) is 14.6. The molecule has 1 amide bonds. The van der Waals surface area contributed by atoms with Crippen LogP contribution in [0.1, 0.15) is 78.2 Å². The van der Waals surface area contributed by atoms with Gasteiger partial charge in [-0.2, -0.15) is 9.46 Å². The van der Waals surface area contributed by atoms with Crippen LogP contribution < -0.4 is 9.64 Å². The number of amides is 1. The lowest BCUT2D eigenvalue weighted by atomic mass is 9.68. The topological polar surface area (TPSA) is 103 Å². The monoisotopic (exact) mass is 758 g/mol. The Morgan fingerprint density at radius 2 is 2.00 bits per heavy atom. The van der Waals surface area contributed by atoms with Gasteiger partial charge in [-0.25, -0.2) is 4.21 Å². The maximum absolute atomic E-state index is 14.9. The average Bonchev–Trinajstić information content (AvgIpc) is 3.42. The number of carbonyl (C=O) groups is 2. The minimum Gasteiger partial charge on any atom is -0.490 e. The summed E-state index contributed by atoms with van der Waals surface area (Å²) < 4.78 is 34.0. The van der Waals surface area contributed by atoms with E-state index >= 15 is 0 Å². The van der Waals surface area contributed by atoms with E-state index in [1.165, 1.54) is 11.1 Å². The van der Waals surface area contributed by atoms with Crippen LogP contribution in [0.2, 0.25) is 5.02 Å². The predicted octanol–water partition coefficient (Wildman–Crippen LogP) is 7.17. The summed E-state index contributed by atoms with van der Waals surface area (Å²) >= 11 is 6.48. The molecular weight excluding hydrogens is 708 g/mol. The van der Waals surface area contributed by atoms with E-state index in [2.05, 4.69) is 38.6 Å². The van der Waals surface area contributed by atoms with Crippen LogP contribution in [0.3, 0.4) is 0 Å². The molecule has 1 spiro atoms. The van der Waals surface area contributed by atoms with Gasteiger partial charge in [-0.05, 0) is 123 Å². The second-order valence-electron chi connectivity index (χ2n) is 16.4. The number of ketones is 1. The summed E-state index contributed by atoms with van der Waals surface area (Å²) in [5, 5.41) is 5.13. The summed E-state index contributed by atoms with van der Waals surface area (Å²) in [6.45, 7) is 4.09. The number of fused-ring (bicyclic) bond motifs is 5. The fraction of sp³-hybridized carbons (Fsp3) is 0.548. The number of allylic oxidation sites excluding steroid dienone is 1. The summed E-state index contributed by atoms with van der Waals surface area (Å²) in [6, 6.07) is 11.8. The number of methoxy groups -OCH3 is 1. The van der Waals surface area contributed by atoms with E-state index in [4.69, 9.17) is 21.1 Å². The summed E-state index contributed by atoms with van der Waals surface area (Å²) in [5.41, 5.74) is 5.76. The molecule has 0 radical (unpaired) electrons. The highest BCUT2D eigenvalue weighted by Gasteiger charge is 2.44. The third-order valence-electron chi connectivity index (χ3n) is 12.7. The maximum atomic E-state index is 14.9. The summed E-state index contributed by atoms with van der Waals surface area (Å²) in [4.78, 5) is 30.5. The van der Waals surface area contributed by atoms with E-state index in [0.717, 1.165) is 79.3 Å². The van der Waals surface area contributed by atoms with Gasteiger partial charge in [0, 0.05) is 60.6 Å². The van der Waals surface area contributed by atoms with Crippen LogP contribution in [0, 0.1) is 23.7 Å². The van der Waals surface area contributed by atoms with Crippen molar-refractivity contribution in [3.8, 4) is 5.75 Å². The number of hydrogen-bond acceptors (Lipinski definition) is 7. The molecule has 1 fully saturated rings. The smallest absolute Gasteiger partial charge is 0.285 e. The Morgan fingerprint density at radius 1 is 1.13 bits per heavy atom. The highest BCUT2D eigenvalue weighted by Crippen LogP contribution is 2.47. The lowest BCUT2D eigenvalue weighted by Gasteiger charge is -2.46. The molecule has 1 aromatic heterocycles. The lowest BCUT2D eigenvalue weighted by Crippen LogP contribution is -2.49. The molecular formula is C42H51ClN4O5S. The summed E-state index contributed by atoms with van der Waals surface area (Å²) in [5.74, 6) is 0.455. The molecule has 9 nitrogen and oxygen atoms in total. The van der Waals surface area contributed by atoms with Gasteiger partial charge in [0.05, 0.1) is 40.1 Å². The number of ether oxygens (including phenoxy) is 2. The number of halogens is 1. The number of hydrogen-bond donors (Lipinski definition) is 0. The Kier molecular flexibility index (Phi) is 10.1. The van der Waals surface area contributed by atoms with Crippen LogP contribution in [0.4, 0.5) is 5.69 Å². The standard InChI is InChI=1S/C42H51ClN4O5S/c1-27-6-4-8-39(51-3)34-14-11-32(34)22-47-25-42(17-5-7-28-18-33(43)13-15-35(28)42)26-52-40-16-12-30(20-37(40)47)41(49)45-53(50,23-27)24-38(48)29-9-10-31-21-44-46(2)36(31)19-29/h4,8,12-13,15-16,18,20-21,27,29,32,34,39H,5-7,9-11,14,17,19,22-26H2,1-3H3/b8-4+/t27-,29-,32-,34+,39-,42-,53+/m0/s1. The minimum absolute atomic E-state index is 0.0326. The van der Waals surface area contributed by atoms with Crippen LogP contribution in [0.5, 0.6) is 5.75 Å². The molecule has 282 valence electrons. The van der Waals surface area contributed by atoms with E-state index < -0.39 is 15.6 Å². The van der Waals surface area contributed by atoms with Crippen molar-refractivity contribution in [2.75, 3.05) is 43.2 Å². The largest absolute Gasteiger partial charge is 0.490 e. The van der Waals surface area contributed by atoms with Crippen molar-refractivity contribution in [1.29, 1.82) is 0 Å². The molecule has 11 heteroatoms. The first-order valence-electron chi connectivity index (χ1n) is 19.3. The Balaban J connectivity index is 1.17. The van der Waals surface area contributed by atoms with Crippen LogP contribution in [-0.4, -0.2) is 70.1 Å². The van der Waals surface area contributed by atoms with Crippen molar-refractivity contribution >= 4 is 38.7 Å². The molecule has 3 aliphatic carbocycles. The van der Waals surface area contributed by atoms with Crippen molar-refractivity contribution in [3.63, 3.8) is 0 Å². The molecule has 0 N–H and O–H groups in total. The SMILES string of the molecule is CO[C@H]1/C=C/C[C@H](C)C[S@@](=O)(CC(=O)[C@H]2CCc3cnn(C)c3C2)=NC(=O)c2ccc3c(c2)N(C[C@@H]2CC[C@H]21)C[C@@]1(CCCc2cc(Cl)ccc21)CO3. The van der Waals surface area contributed by atoms with Crippen LogP contribution in [-0.2, 0) is 51.0 Å². The Bertz CT molecular complexity index is 2070. The third-order valence-corrected chi connectivity index (χ3v) is 15.3. The first-order valence-corrected chi connectivity index (χ1v) is 21.6. The van der Waals surface area contributed by atoms with Gasteiger partial charge in [0.15, 0.2) is 0 Å². The van der Waals surface area contributed by atoms with Gasteiger partial charge in [-0.3, -0.25) is 14.3 Å². The van der Waals surface area contributed by atoms with Gasteiger partial charge in [-0.15, -0.1) is 0 Å². The predicted molar refractivity (Wildman–Crippen MR) is 209 cm³/mol. The third kappa shape index (κ3) is 7.23. The van der Waals surface area contributed by atoms with Gasteiger partial charge >= 0.3 is 0 Å². The number of nitrogens with zero attached hydrogens (tertiary/aromatic N) is 4. The highest BCUT2D eigenvalue weighted by molar-refractivity contribution is 7.94. The van der Waals surface area contributed by atoms with Crippen molar-refractivity contribution in [1.82, 2.24) is 9.78 Å². The Morgan fingerprint density at radius 3 is 2.81 bits per heavy atom. The molecule has 0 saturated heterocycles. The molecule has 53 heavy (non-hydrogen) atoms. The van der Waals surface area contributed by atoms with Crippen molar-refractivity contribution in [3.05, 3.63) is 87.7 Å². The van der Waals surface area contributed by atoms with Gasteiger partial charge < -0.3 is 14.4 Å². The van der Waals surface area contributed by atoms with Crippen LogP contribution in [0.25, 0.3) is 0 Å². The molecule has 2 bridgehead atoms. The van der Waals surface area contributed by atoms with Crippen molar-refractivity contribution in [2.45, 2.75) is 76.2 Å². The zero-order valence-electron chi connectivity index (χ0n) is 31.1. The highest BCUT2D eigenvalue weighted by atomic mass is 35.5. The normalized spacial score (nSPS) is 31.9. The van der Waals surface area contributed by atoms with Crippen molar-refractivity contribution < 1.29 is 23.3 Å². The molecule has 1 saturated carbocycles. The molecule has 3 aromatic rings. The van der Waals surface area contributed by atoms with Crippen LogP contribution >= 0.6 is 11.6 Å². The van der Waals surface area contributed by atoms with Gasteiger partial charge in [0.1, 0.15) is 11.5 Å². The number of anilines is 1. The number of rotatable bonds is 4. The molecule has 5 aliphatic rings. The molecule has 2 aromatic carbocycles. The summed E-state index contributed by atoms with van der Waals surface area (Å²) in [7, 11) is 0.450. The number of Topliss-reactive ketones (excluding diaryl/α,β-unsaturated/α-hetero) is 1. The molecule has 0 unspecified atom stereocenters. The zero-order valence-corrected chi connectivity index (χ0v) is 32.7. The molecule has 2 aliphatic heterocycles. The quantitative estimate of drug-likeness (QED) is 0.260. The van der Waals surface area contributed by atoms with E-state index in [-0.39, 0.29) is 40.6 Å². The molecule has 7 atom stereocenters. The minimum atomic E-state index is -3.23. The number of aryl methyl sites for hydroxylation is 3. The Labute approximate surface area is 318 Å². The Hall–Kier alpha value is -3.47. The zero-order chi connectivity index (χ0) is 36.9.